The molecule has 0 aliphatic carbocycles. The Morgan fingerprint density at radius 3 is 2.29 bits per heavy atom. The van der Waals surface area contributed by atoms with Gasteiger partial charge in [-0.1, -0.05) is 19.1 Å². The summed E-state index contributed by atoms with van der Waals surface area (Å²) in [6, 6.07) is 6.13. The molecule has 0 aromatic heterocycles. The van der Waals surface area contributed by atoms with E-state index >= 15 is 0 Å². The number of carbonyl (C=O) groups is 1. The van der Waals surface area contributed by atoms with Gasteiger partial charge in [0.1, 0.15) is 0 Å². The highest BCUT2D eigenvalue weighted by atomic mass is 35.7. The van der Waals surface area contributed by atoms with Gasteiger partial charge in [-0.3, -0.25) is 4.79 Å². The molecule has 1 atom stereocenters. The molecule has 0 bridgehead atoms. The lowest BCUT2D eigenvalue weighted by atomic mass is 9.98. The SMILES string of the molecule is COC(=O)C[C@H](C)c1ccc(S(=O)(=O)Cl)cc1. The zero-order valence-corrected chi connectivity index (χ0v) is 11.1. The van der Waals surface area contributed by atoms with Crippen molar-refractivity contribution in [2.45, 2.75) is 24.2 Å². The van der Waals surface area contributed by atoms with E-state index in [4.69, 9.17) is 10.7 Å². The number of carbonyl (C=O) groups excluding carboxylic acids is 1. The molecule has 0 N–H and O–H groups in total. The summed E-state index contributed by atoms with van der Waals surface area (Å²) in [6.45, 7) is 1.86. The highest BCUT2D eigenvalue weighted by Crippen LogP contribution is 2.22. The second kappa shape index (κ2) is 5.51. The number of hydrogen-bond acceptors (Lipinski definition) is 4. The van der Waals surface area contributed by atoms with Crippen molar-refractivity contribution in [3.8, 4) is 0 Å². The second-order valence-corrected chi connectivity index (χ2v) is 6.25. The number of hydrogen-bond donors (Lipinski definition) is 0. The van der Waals surface area contributed by atoms with Crippen molar-refractivity contribution in [2.24, 2.45) is 0 Å². The van der Waals surface area contributed by atoms with E-state index < -0.39 is 9.05 Å². The van der Waals surface area contributed by atoms with Gasteiger partial charge in [0, 0.05) is 10.7 Å². The van der Waals surface area contributed by atoms with E-state index in [0.29, 0.717) is 0 Å². The Labute approximate surface area is 105 Å². The van der Waals surface area contributed by atoms with E-state index in [9.17, 15) is 13.2 Å². The van der Waals surface area contributed by atoms with Crippen LogP contribution in [0.1, 0.15) is 24.8 Å². The molecule has 1 aromatic rings. The molecule has 0 saturated carbocycles. The molecule has 0 amide bonds. The first-order valence-corrected chi connectivity index (χ1v) is 7.27. The van der Waals surface area contributed by atoms with Crippen LogP contribution < -0.4 is 0 Å². The van der Waals surface area contributed by atoms with Crippen LogP contribution in [0.15, 0.2) is 29.2 Å². The molecule has 6 heteroatoms. The monoisotopic (exact) mass is 276 g/mol. The van der Waals surface area contributed by atoms with E-state index in [1.54, 1.807) is 12.1 Å². The number of esters is 1. The zero-order chi connectivity index (χ0) is 13.1. The van der Waals surface area contributed by atoms with Crippen LogP contribution in [0.25, 0.3) is 0 Å². The van der Waals surface area contributed by atoms with Crippen molar-refractivity contribution >= 4 is 25.7 Å². The first-order chi connectivity index (χ1) is 7.84. The molecule has 0 aliphatic rings. The Balaban J connectivity index is 2.84. The normalized spacial score (nSPS) is 13.1. The summed E-state index contributed by atoms with van der Waals surface area (Å²) in [4.78, 5) is 11.1. The number of methoxy groups -OCH3 is 1. The Morgan fingerprint density at radius 2 is 1.88 bits per heavy atom. The maximum atomic E-state index is 11.1. The first-order valence-electron chi connectivity index (χ1n) is 4.96. The standard InChI is InChI=1S/C11H13ClO4S/c1-8(7-11(13)16-2)9-3-5-10(6-4-9)17(12,14)15/h3-6,8H,7H2,1-2H3/t8-/m0/s1. The maximum Gasteiger partial charge on any atom is 0.306 e. The Kier molecular flexibility index (Phi) is 4.54. The van der Waals surface area contributed by atoms with Gasteiger partial charge in [0.15, 0.2) is 0 Å². The molecule has 0 unspecified atom stereocenters. The van der Waals surface area contributed by atoms with E-state index in [1.807, 2.05) is 6.92 Å². The maximum absolute atomic E-state index is 11.1. The number of rotatable bonds is 4. The summed E-state index contributed by atoms with van der Waals surface area (Å²) in [5.74, 6) is -0.332. The van der Waals surface area contributed by atoms with Gasteiger partial charge >= 0.3 is 5.97 Å². The van der Waals surface area contributed by atoms with Gasteiger partial charge in [0.2, 0.25) is 0 Å². The van der Waals surface area contributed by atoms with E-state index in [-0.39, 0.29) is 23.2 Å². The fourth-order valence-electron chi connectivity index (χ4n) is 1.41. The minimum atomic E-state index is -3.69. The molecule has 0 aliphatic heterocycles. The fraction of sp³-hybridized carbons (Fsp3) is 0.364. The predicted molar refractivity (Wildman–Crippen MR) is 64.5 cm³/mol. The van der Waals surface area contributed by atoms with Crippen molar-refractivity contribution in [2.75, 3.05) is 7.11 Å². The van der Waals surface area contributed by atoms with Crippen LogP contribution in [0.2, 0.25) is 0 Å². The fourth-order valence-corrected chi connectivity index (χ4v) is 2.18. The molecule has 4 nitrogen and oxygen atoms in total. The van der Waals surface area contributed by atoms with Gasteiger partial charge in [0.05, 0.1) is 18.4 Å². The third-order valence-electron chi connectivity index (χ3n) is 2.43. The predicted octanol–water partition coefficient (Wildman–Crippen LogP) is 2.28. The van der Waals surface area contributed by atoms with Crippen LogP contribution in [0.5, 0.6) is 0 Å². The number of halogens is 1. The molecule has 1 aromatic carbocycles. The average Bonchev–Trinajstić information content (AvgIpc) is 2.27. The minimum absolute atomic E-state index is 0.0328. The number of ether oxygens (including phenoxy) is 1. The van der Waals surface area contributed by atoms with E-state index in [2.05, 4.69) is 4.74 Å². The van der Waals surface area contributed by atoms with Crippen LogP contribution in [0.3, 0.4) is 0 Å². The van der Waals surface area contributed by atoms with Crippen molar-refractivity contribution in [3.63, 3.8) is 0 Å². The number of benzene rings is 1. The Hall–Kier alpha value is -1.07. The highest BCUT2D eigenvalue weighted by Gasteiger charge is 2.13. The first kappa shape index (κ1) is 14.0. The average molecular weight is 277 g/mol. The third-order valence-corrected chi connectivity index (χ3v) is 3.80. The lowest BCUT2D eigenvalue weighted by Gasteiger charge is -2.10. The molecule has 0 fully saturated rings. The topological polar surface area (TPSA) is 60.4 Å². The molecule has 1 rings (SSSR count). The Morgan fingerprint density at radius 1 is 1.35 bits per heavy atom. The summed E-state index contributed by atoms with van der Waals surface area (Å²) in [5.41, 5.74) is 0.861. The summed E-state index contributed by atoms with van der Waals surface area (Å²) in [5, 5.41) is 0. The lowest BCUT2D eigenvalue weighted by molar-refractivity contribution is -0.140. The van der Waals surface area contributed by atoms with Crippen LogP contribution in [0.4, 0.5) is 0 Å². The van der Waals surface area contributed by atoms with Gasteiger partial charge in [0.25, 0.3) is 9.05 Å². The van der Waals surface area contributed by atoms with E-state index in [1.165, 1.54) is 19.2 Å². The van der Waals surface area contributed by atoms with Crippen LogP contribution in [-0.2, 0) is 18.6 Å². The van der Waals surface area contributed by atoms with Gasteiger partial charge in [-0.25, -0.2) is 8.42 Å². The third kappa shape index (κ3) is 4.02. The Bertz CT molecular complexity index is 493. The molecule has 17 heavy (non-hydrogen) atoms. The highest BCUT2D eigenvalue weighted by molar-refractivity contribution is 8.13. The largest absolute Gasteiger partial charge is 0.469 e. The smallest absolute Gasteiger partial charge is 0.306 e. The zero-order valence-electron chi connectivity index (χ0n) is 9.51. The second-order valence-electron chi connectivity index (χ2n) is 3.69. The van der Waals surface area contributed by atoms with Crippen molar-refractivity contribution in [3.05, 3.63) is 29.8 Å². The van der Waals surface area contributed by atoms with E-state index in [0.717, 1.165) is 5.56 Å². The van der Waals surface area contributed by atoms with Crippen LogP contribution in [-0.4, -0.2) is 21.5 Å². The molecule has 0 radical (unpaired) electrons. The van der Waals surface area contributed by atoms with Gasteiger partial charge in [-0.05, 0) is 23.6 Å². The van der Waals surface area contributed by atoms with Gasteiger partial charge in [-0.2, -0.15) is 0 Å². The summed E-state index contributed by atoms with van der Waals surface area (Å²) in [7, 11) is 2.83. The van der Waals surface area contributed by atoms with Gasteiger partial charge < -0.3 is 4.74 Å². The minimum Gasteiger partial charge on any atom is -0.469 e. The lowest BCUT2D eigenvalue weighted by Crippen LogP contribution is -2.06. The van der Waals surface area contributed by atoms with Crippen molar-refractivity contribution in [1.82, 2.24) is 0 Å². The van der Waals surface area contributed by atoms with Crippen molar-refractivity contribution in [1.29, 1.82) is 0 Å². The van der Waals surface area contributed by atoms with Crippen molar-refractivity contribution < 1.29 is 17.9 Å². The quantitative estimate of drug-likeness (QED) is 0.625. The summed E-state index contributed by atoms with van der Waals surface area (Å²) in [6.07, 6.45) is 0.253. The van der Waals surface area contributed by atoms with Gasteiger partial charge in [-0.15, -0.1) is 0 Å². The summed E-state index contributed by atoms with van der Waals surface area (Å²) >= 11 is 0. The molecular formula is C11H13ClO4S. The molecular weight excluding hydrogens is 264 g/mol. The molecule has 0 saturated heterocycles. The van der Waals surface area contributed by atoms with Crippen LogP contribution in [0, 0.1) is 0 Å². The molecule has 0 spiro atoms. The van der Waals surface area contributed by atoms with Crippen LogP contribution >= 0.6 is 10.7 Å². The molecule has 0 heterocycles. The molecule has 94 valence electrons. The summed E-state index contributed by atoms with van der Waals surface area (Å²) < 4.78 is 26.6.